The van der Waals surface area contributed by atoms with Crippen molar-refractivity contribution in [3.05, 3.63) is 52.4 Å². The SMILES string of the molecule is CCNCc1coc(COc2ccc(C)cc2Cl)c1. The van der Waals surface area contributed by atoms with Crippen molar-refractivity contribution in [3.63, 3.8) is 0 Å². The minimum Gasteiger partial charge on any atom is -0.484 e. The zero-order valence-corrected chi connectivity index (χ0v) is 12.0. The Hall–Kier alpha value is -1.45. The lowest BCUT2D eigenvalue weighted by Crippen LogP contribution is -2.10. The Morgan fingerprint density at radius 3 is 2.89 bits per heavy atom. The molecule has 0 saturated heterocycles. The highest BCUT2D eigenvalue weighted by Crippen LogP contribution is 2.26. The molecular formula is C15H18ClNO2. The van der Waals surface area contributed by atoms with Gasteiger partial charge in [0, 0.05) is 12.1 Å². The monoisotopic (exact) mass is 279 g/mol. The van der Waals surface area contributed by atoms with Gasteiger partial charge in [0.1, 0.15) is 18.1 Å². The maximum Gasteiger partial charge on any atom is 0.146 e. The van der Waals surface area contributed by atoms with Crippen molar-refractivity contribution >= 4 is 11.6 Å². The molecule has 0 radical (unpaired) electrons. The van der Waals surface area contributed by atoms with E-state index in [9.17, 15) is 0 Å². The number of ether oxygens (including phenoxy) is 1. The average Bonchev–Trinajstić information content (AvgIpc) is 2.83. The summed E-state index contributed by atoms with van der Waals surface area (Å²) in [6.07, 6.45) is 1.75. The molecule has 1 heterocycles. The van der Waals surface area contributed by atoms with E-state index in [2.05, 4.69) is 12.2 Å². The molecule has 0 fully saturated rings. The van der Waals surface area contributed by atoms with Gasteiger partial charge in [-0.2, -0.15) is 0 Å². The Morgan fingerprint density at radius 1 is 1.32 bits per heavy atom. The first-order chi connectivity index (χ1) is 9.19. The van der Waals surface area contributed by atoms with E-state index in [1.165, 1.54) is 0 Å². The van der Waals surface area contributed by atoms with Crippen LogP contribution in [0.4, 0.5) is 0 Å². The van der Waals surface area contributed by atoms with E-state index < -0.39 is 0 Å². The van der Waals surface area contributed by atoms with Crippen molar-refractivity contribution in [2.75, 3.05) is 6.54 Å². The zero-order valence-electron chi connectivity index (χ0n) is 11.2. The molecule has 0 atom stereocenters. The maximum atomic E-state index is 6.10. The summed E-state index contributed by atoms with van der Waals surface area (Å²) in [6.45, 7) is 6.20. The van der Waals surface area contributed by atoms with E-state index >= 15 is 0 Å². The Morgan fingerprint density at radius 2 is 2.16 bits per heavy atom. The Kier molecular flexibility index (Phi) is 4.88. The third kappa shape index (κ3) is 4.01. The van der Waals surface area contributed by atoms with Crippen LogP contribution < -0.4 is 10.1 Å². The largest absolute Gasteiger partial charge is 0.484 e. The molecule has 0 aliphatic rings. The number of nitrogens with one attached hydrogen (secondary N) is 1. The molecule has 1 aromatic heterocycles. The summed E-state index contributed by atoms with van der Waals surface area (Å²) in [6, 6.07) is 7.72. The fourth-order valence-electron chi connectivity index (χ4n) is 1.74. The van der Waals surface area contributed by atoms with Crippen molar-refractivity contribution < 1.29 is 9.15 Å². The molecule has 0 spiro atoms. The van der Waals surface area contributed by atoms with E-state index in [4.69, 9.17) is 20.8 Å². The molecule has 3 nitrogen and oxygen atoms in total. The lowest BCUT2D eigenvalue weighted by atomic mass is 10.2. The molecule has 0 bridgehead atoms. The molecule has 1 aromatic carbocycles. The van der Waals surface area contributed by atoms with Gasteiger partial charge in [-0.15, -0.1) is 0 Å². The van der Waals surface area contributed by atoms with Crippen molar-refractivity contribution in [2.24, 2.45) is 0 Å². The third-order valence-electron chi connectivity index (χ3n) is 2.74. The second-order valence-corrected chi connectivity index (χ2v) is 4.83. The molecule has 102 valence electrons. The van der Waals surface area contributed by atoms with Crippen LogP contribution in [0.15, 0.2) is 34.9 Å². The second-order valence-electron chi connectivity index (χ2n) is 4.42. The summed E-state index contributed by atoms with van der Waals surface area (Å²) >= 11 is 6.10. The smallest absolute Gasteiger partial charge is 0.146 e. The van der Waals surface area contributed by atoms with Gasteiger partial charge in [0.05, 0.1) is 11.3 Å². The molecule has 0 saturated carbocycles. The lowest BCUT2D eigenvalue weighted by Gasteiger charge is -2.06. The number of aryl methyl sites for hydroxylation is 1. The summed E-state index contributed by atoms with van der Waals surface area (Å²) in [5.74, 6) is 1.47. The van der Waals surface area contributed by atoms with Gasteiger partial charge in [-0.3, -0.25) is 0 Å². The van der Waals surface area contributed by atoms with E-state index in [-0.39, 0.29) is 0 Å². The van der Waals surface area contributed by atoms with Crippen LogP contribution in [0.3, 0.4) is 0 Å². The first kappa shape index (κ1) is 14.0. The molecule has 2 rings (SSSR count). The number of hydrogen-bond donors (Lipinski definition) is 1. The molecule has 4 heteroatoms. The third-order valence-corrected chi connectivity index (χ3v) is 3.04. The number of hydrogen-bond acceptors (Lipinski definition) is 3. The predicted octanol–water partition coefficient (Wildman–Crippen LogP) is 3.93. The van der Waals surface area contributed by atoms with Gasteiger partial charge < -0.3 is 14.5 Å². The fraction of sp³-hybridized carbons (Fsp3) is 0.333. The molecule has 2 aromatic rings. The molecule has 19 heavy (non-hydrogen) atoms. The first-order valence-electron chi connectivity index (χ1n) is 6.35. The van der Waals surface area contributed by atoms with Crippen LogP contribution >= 0.6 is 11.6 Å². The van der Waals surface area contributed by atoms with Gasteiger partial charge in [-0.25, -0.2) is 0 Å². The van der Waals surface area contributed by atoms with Gasteiger partial charge in [0.2, 0.25) is 0 Å². The van der Waals surface area contributed by atoms with Crippen molar-refractivity contribution in [2.45, 2.75) is 27.0 Å². The first-order valence-corrected chi connectivity index (χ1v) is 6.72. The molecular weight excluding hydrogens is 262 g/mol. The van der Waals surface area contributed by atoms with Crippen LogP contribution in [0.2, 0.25) is 5.02 Å². The number of halogens is 1. The summed E-state index contributed by atoms with van der Waals surface area (Å²) in [5, 5.41) is 3.87. The number of rotatable bonds is 6. The van der Waals surface area contributed by atoms with Gasteiger partial charge in [0.15, 0.2) is 0 Å². The van der Waals surface area contributed by atoms with Crippen LogP contribution in [0.25, 0.3) is 0 Å². The van der Waals surface area contributed by atoms with Gasteiger partial charge in [-0.05, 0) is 37.2 Å². The number of benzene rings is 1. The summed E-state index contributed by atoms with van der Waals surface area (Å²) < 4.78 is 11.1. The van der Waals surface area contributed by atoms with E-state index in [0.29, 0.717) is 17.4 Å². The Balaban J connectivity index is 1.92. The molecule has 1 N–H and O–H groups in total. The maximum absolute atomic E-state index is 6.10. The fourth-order valence-corrected chi connectivity index (χ4v) is 2.03. The Labute approximate surface area is 118 Å². The average molecular weight is 280 g/mol. The predicted molar refractivity (Wildman–Crippen MR) is 76.6 cm³/mol. The second kappa shape index (κ2) is 6.64. The van der Waals surface area contributed by atoms with E-state index in [1.807, 2.05) is 31.2 Å². The van der Waals surface area contributed by atoms with Gasteiger partial charge in [-0.1, -0.05) is 24.6 Å². The topological polar surface area (TPSA) is 34.4 Å². The highest BCUT2D eigenvalue weighted by atomic mass is 35.5. The summed E-state index contributed by atoms with van der Waals surface area (Å²) in [4.78, 5) is 0. The van der Waals surface area contributed by atoms with Crippen LogP contribution in [0.1, 0.15) is 23.8 Å². The molecule has 0 amide bonds. The normalized spacial score (nSPS) is 10.7. The molecule has 0 aliphatic heterocycles. The van der Waals surface area contributed by atoms with Crippen molar-refractivity contribution in [3.8, 4) is 5.75 Å². The van der Waals surface area contributed by atoms with Gasteiger partial charge >= 0.3 is 0 Å². The molecule has 0 unspecified atom stereocenters. The zero-order chi connectivity index (χ0) is 13.7. The number of furan rings is 1. The van der Waals surface area contributed by atoms with Crippen LogP contribution in [-0.4, -0.2) is 6.54 Å². The van der Waals surface area contributed by atoms with Crippen molar-refractivity contribution in [1.82, 2.24) is 5.32 Å². The minimum absolute atomic E-state index is 0.384. The van der Waals surface area contributed by atoms with E-state index in [1.54, 1.807) is 6.26 Å². The quantitative estimate of drug-likeness (QED) is 0.870. The van der Waals surface area contributed by atoms with Crippen LogP contribution in [0.5, 0.6) is 5.75 Å². The molecule has 0 aliphatic carbocycles. The standard InChI is InChI=1S/C15H18ClNO2/c1-3-17-8-12-7-13(18-9-12)10-19-15-5-4-11(2)6-14(15)16/h4-7,9,17H,3,8,10H2,1-2H3. The summed E-state index contributed by atoms with van der Waals surface area (Å²) in [5.41, 5.74) is 2.23. The minimum atomic E-state index is 0.384. The highest BCUT2D eigenvalue weighted by molar-refractivity contribution is 6.32. The van der Waals surface area contributed by atoms with Crippen LogP contribution in [-0.2, 0) is 13.2 Å². The van der Waals surface area contributed by atoms with E-state index in [0.717, 1.165) is 30.0 Å². The summed E-state index contributed by atoms with van der Waals surface area (Å²) in [7, 11) is 0. The highest BCUT2D eigenvalue weighted by Gasteiger charge is 2.05. The van der Waals surface area contributed by atoms with Crippen molar-refractivity contribution in [1.29, 1.82) is 0 Å². The van der Waals surface area contributed by atoms with Crippen LogP contribution in [0, 0.1) is 6.92 Å². The lowest BCUT2D eigenvalue weighted by molar-refractivity contribution is 0.270. The van der Waals surface area contributed by atoms with Gasteiger partial charge in [0.25, 0.3) is 0 Å². The Bertz CT molecular complexity index is 537.